The maximum atomic E-state index is 14.8. The Kier molecular flexibility index (Phi) is 4.95. The van der Waals surface area contributed by atoms with Crippen molar-refractivity contribution >= 4 is 33.9 Å². The summed E-state index contributed by atoms with van der Waals surface area (Å²) in [4.78, 5) is 27.1. The van der Waals surface area contributed by atoms with E-state index in [9.17, 15) is 19.1 Å². The number of aliphatic hydroxyl groups excluding tert-OH is 1. The molecule has 1 aliphatic rings. The Morgan fingerprint density at radius 2 is 1.83 bits per heavy atom. The first-order valence-corrected chi connectivity index (χ1v) is 10.0. The van der Waals surface area contributed by atoms with Gasteiger partial charge in [0.25, 0.3) is 5.78 Å². The molecule has 0 aliphatic carbocycles. The third kappa shape index (κ3) is 3.19. The summed E-state index contributed by atoms with van der Waals surface area (Å²) < 4.78 is 14.8. The highest BCUT2D eigenvalue weighted by Crippen LogP contribution is 2.43. The summed E-state index contributed by atoms with van der Waals surface area (Å²) in [6.07, 6.45) is 0. The van der Waals surface area contributed by atoms with Gasteiger partial charge >= 0.3 is 5.91 Å². The van der Waals surface area contributed by atoms with Crippen molar-refractivity contribution in [3.05, 3.63) is 81.1 Å². The Bertz CT molecular complexity index is 1220. The van der Waals surface area contributed by atoms with E-state index in [1.54, 1.807) is 26.0 Å². The topological polar surface area (TPSA) is 83.4 Å². The molecule has 6 nitrogen and oxygen atoms in total. The normalized spacial score (nSPS) is 18.3. The average Bonchev–Trinajstić information content (AvgIpc) is 3.25. The third-order valence-electron chi connectivity index (χ3n) is 5.01. The number of benzene rings is 2. The quantitative estimate of drug-likeness (QED) is 0.387. The number of aromatic nitrogens is 2. The van der Waals surface area contributed by atoms with Crippen LogP contribution in [-0.2, 0) is 9.59 Å². The Labute approximate surface area is 176 Å². The number of amides is 1. The molecular weight excluding hydrogens is 405 g/mol. The SMILES string of the molecule is Cc1ccc(C)c(/C(O)=C2\C(=O)C(=O)N(c3nnc(C)s3)C2c2ccccc2F)c1. The molecule has 4 rings (SSSR count). The van der Waals surface area contributed by atoms with Crippen LogP contribution in [0.3, 0.4) is 0 Å². The van der Waals surface area contributed by atoms with Gasteiger partial charge in [0.2, 0.25) is 5.13 Å². The molecule has 0 bridgehead atoms. The van der Waals surface area contributed by atoms with Crippen LogP contribution in [-0.4, -0.2) is 27.0 Å². The minimum absolute atomic E-state index is 0.0939. The molecule has 30 heavy (non-hydrogen) atoms. The first-order valence-electron chi connectivity index (χ1n) is 9.22. The molecule has 1 amide bonds. The number of rotatable bonds is 3. The lowest BCUT2D eigenvalue weighted by Gasteiger charge is -2.23. The summed E-state index contributed by atoms with van der Waals surface area (Å²) in [5.74, 6) is -2.71. The van der Waals surface area contributed by atoms with Gasteiger partial charge in [0.15, 0.2) is 0 Å². The second-order valence-corrected chi connectivity index (χ2v) is 8.27. The molecule has 0 radical (unpaired) electrons. The van der Waals surface area contributed by atoms with Crippen molar-refractivity contribution in [3.8, 4) is 0 Å². The van der Waals surface area contributed by atoms with E-state index in [0.717, 1.165) is 27.4 Å². The number of carbonyl (C=O) groups excluding carboxylic acids is 2. The number of hydrogen-bond donors (Lipinski definition) is 1. The second kappa shape index (κ2) is 7.46. The Balaban J connectivity index is 2.01. The van der Waals surface area contributed by atoms with Crippen LogP contribution in [0.1, 0.15) is 33.3 Å². The fraction of sp³-hybridized carbons (Fsp3) is 0.182. The number of halogens is 1. The zero-order chi connectivity index (χ0) is 21.6. The van der Waals surface area contributed by atoms with Crippen molar-refractivity contribution < 1.29 is 19.1 Å². The molecule has 8 heteroatoms. The van der Waals surface area contributed by atoms with E-state index in [0.29, 0.717) is 10.6 Å². The fourth-order valence-electron chi connectivity index (χ4n) is 3.54. The third-order valence-corrected chi connectivity index (χ3v) is 5.85. The molecule has 1 aromatic heterocycles. The van der Waals surface area contributed by atoms with E-state index in [4.69, 9.17) is 0 Å². The molecule has 3 aromatic rings. The van der Waals surface area contributed by atoms with Gasteiger partial charge in [0.1, 0.15) is 22.6 Å². The maximum absolute atomic E-state index is 14.8. The van der Waals surface area contributed by atoms with Gasteiger partial charge in [-0.15, -0.1) is 10.2 Å². The number of aliphatic hydroxyl groups is 1. The standard InChI is InChI=1S/C22H18FN3O3S/c1-11-8-9-12(2)15(10-11)19(27)17-18(14-6-4-5-7-16(14)23)26(21(29)20(17)28)22-25-24-13(3)30-22/h4-10,18,27H,1-3H3/b19-17+. The van der Waals surface area contributed by atoms with E-state index in [2.05, 4.69) is 10.2 Å². The monoisotopic (exact) mass is 423 g/mol. The van der Waals surface area contributed by atoms with Gasteiger partial charge in [-0.25, -0.2) is 4.39 Å². The first-order chi connectivity index (χ1) is 14.3. The molecule has 1 atom stereocenters. The van der Waals surface area contributed by atoms with Gasteiger partial charge in [-0.1, -0.05) is 47.2 Å². The van der Waals surface area contributed by atoms with Crippen LogP contribution in [0.15, 0.2) is 48.0 Å². The Morgan fingerprint density at radius 3 is 2.50 bits per heavy atom. The first kappa shape index (κ1) is 19.9. The highest BCUT2D eigenvalue weighted by Gasteiger charge is 2.49. The maximum Gasteiger partial charge on any atom is 0.301 e. The van der Waals surface area contributed by atoms with Crippen LogP contribution < -0.4 is 4.90 Å². The highest BCUT2D eigenvalue weighted by molar-refractivity contribution is 7.15. The fourth-order valence-corrected chi connectivity index (χ4v) is 4.25. The van der Waals surface area contributed by atoms with Crippen LogP contribution in [0.5, 0.6) is 0 Å². The van der Waals surface area contributed by atoms with Crippen LogP contribution in [0.25, 0.3) is 5.76 Å². The van der Waals surface area contributed by atoms with Gasteiger partial charge in [0.05, 0.1) is 5.57 Å². The number of aryl methyl sites for hydroxylation is 3. The average molecular weight is 423 g/mol. The van der Waals surface area contributed by atoms with Crippen molar-refractivity contribution in [2.24, 2.45) is 0 Å². The van der Waals surface area contributed by atoms with Crippen molar-refractivity contribution in [1.29, 1.82) is 0 Å². The Hall–Kier alpha value is -3.39. The van der Waals surface area contributed by atoms with Gasteiger partial charge in [-0.2, -0.15) is 0 Å². The predicted molar refractivity (Wildman–Crippen MR) is 112 cm³/mol. The van der Waals surface area contributed by atoms with Crippen molar-refractivity contribution in [3.63, 3.8) is 0 Å². The molecule has 0 spiro atoms. The van der Waals surface area contributed by atoms with Crippen LogP contribution in [0.2, 0.25) is 0 Å². The molecule has 1 aliphatic heterocycles. The summed E-state index contributed by atoms with van der Waals surface area (Å²) in [5.41, 5.74) is 1.94. The predicted octanol–water partition coefficient (Wildman–Crippen LogP) is 4.23. The zero-order valence-electron chi connectivity index (χ0n) is 16.5. The van der Waals surface area contributed by atoms with Crippen LogP contribution in [0.4, 0.5) is 9.52 Å². The highest BCUT2D eigenvalue weighted by atomic mass is 32.1. The van der Waals surface area contributed by atoms with Gasteiger partial charge in [0, 0.05) is 11.1 Å². The van der Waals surface area contributed by atoms with E-state index < -0.39 is 23.5 Å². The van der Waals surface area contributed by atoms with E-state index >= 15 is 0 Å². The summed E-state index contributed by atoms with van der Waals surface area (Å²) in [6.45, 7) is 5.36. The second-order valence-electron chi connectivity index (χ2n) is 7.11. The van der Waals surface area contributed by atoms with Gasteiger partial charge in [-0.05, 0) is 38.5 Å². The van der Waals surface area contributed by atoms with E-state index in [1.807, 2.05) is 19.1 Å². The van der Waals surface area contributed by atoms with Crippen molar-refractivity contribution in [1.82, 2.24) is 10.2 Å². The minimum atomic E-state index is -1.15. The lowest BCUT2D eigenvalue weighted by Crippen LogP contribution is -2.29. The number of Topliss-reactive ketones (excluding diaryl/α,β-unsaturated/α-hetero) is 1. The largest absolute Gasteiger partial charge is 0.507 e. The lowest BCUT2D eigenvalue weighted by atomic mass is 9.93. The molecule has 0 saturated carbocycles. The Morgan fingerprint density at radius 1 is 1.10 bits per heavy atom. The zero-order valence-corrected chi connectivity index (χ0v) is 17.3. The summed E-state index contributed by atoms with van der Waals surface area (Å²) in [7, 11) is 0. The molecule has 2 aromatic carbocycles. The molecule has 2 heterocycles. The number of hydrogen-bond acceptors (Lipinski definition) is 6. The molecule has 1 fully saturated rings. The van der Waals surface area contributed by atoms with E-state index in [-0.39, 0.29) is 22.0 Å². The minimum Gasteiger partial charge on any atom is -0.507 e. The smallest absolute Gasteiger partial charge is 0.301 e. The summed E-state index contributed by atoms with van der Waals surface area (Å²) in [6, 6.07) is 10.1. The summed E-state index contributed by atoms with van der Waals surface area (Å²) >= 11 is 1.11. The molecular formula is C22H18FN3O3S. The van der Waals surface area contributed by atoms with Crippen LogP contribution >= 0.6 is 11.3 Å². The number of ketones is 1. The molecule has 1 unspecified atom stereocenters. The van der Waals surface area contributed by atoms with Gasteiger partial charge in [-0.3, -0.25) is 14.5 Å². The molecule has 152 valence electrons. The molecule has 1 saturated heterocycles. The number of anilines is 1. The van der Waals surface area contributed by atoms with Crippen LogP contribution in [0, 0.1) is 26.6 Å². The van der Waals surface area contributed by atoms with E-state index in [1.165, 1.54) is 18.2 Å². The van der Waals surface area contributed by atoms with Crippen molar-refractivity contribution in [2.45, 2.75) is 26.8 Å². The number of nitrogens with zero attached hydrogens (tertiary/aromatic N) is 3. The lowest BCUT2D eigenvalue weighted by molar-refractivity contribution is -0.132. The number of carbonyl (C=O) groups is 2. The summed E-state index contributed by atoms with van der Waals surface area (Å²) in [5, 5.41) is 19.8. The molecule has 1 N–H and O–H groups in total. The van der Waals surface area contributed by atoms with Crippen molar-refractivity contribution in [2.75, 3.05) is 4.90 Å². The van der Waals surface area contributed by atoms with Gasteiger partial charge < -0.3 is 5.11 Å².